The van der Waals surface area contributed by atoms with Crippen LogP contribution in [-0.4, -0.2) is 53.7 Å². The number of urea groups is 1. The van der Waals surface area contributed by atoms with Crippen LogP contribution in [-0.2, 0) is 4.79 Å². The number of nitrogens with zero attached hydrogens (tertiary/aromatic N) is 1. The average molecular weight is 351 g/mol. The van der Waals surface area contributed by atoms with Gasteiger partial charge < -0.3 is 15.7 Å². The van der Waals surface area contributed by atoms with Crippen LogP contribution in [0.15, 0.2) is 11.6 Å². The molecule has 2 amide bonds. The fourth-order valence-electron chi connectivity index (χ4n) is 3.78. The van der Waals surface area contributed by atoms with Crippen LogP contribution in [0.25, 0.3) is 0 Å². The first-order chi connectivity index (χ1) is 11.8. The second-order valence-corrected chi connectivity index (χ2v) is 7.97. The molecule has 142 valence electrons. The molecule has 2 rings (SSSR count). The van der Waals surface area contributed by atoms with Gasteiger partial charge in [0.25, 0.3) is 0 Å². The summed E-state index contributed by atoms with van der Waals surface area (Å²) in [6.07, 6.45) is 8.78. The van der Waals surface area contributed by atoms with Crippen molar-refractivity contribution in [3.8, 4) is 0 Å². The molecule has 25 heavy (non-hydrogen) atoms. The van der Waals surface area contributed by atoms with Gasteiger partial charge in [-0.2, -0.15) is 0 Å². The third-order valence-electron chi connectivity index (χ3n) is 5.56. The van der Waals surface area contributed by atoms with Gasteiger partial charge in [-0.1, -0.05) is 32.4 Å². The summed E-state index contributed by atoms with van der Waals surface area (Å²) in [6, 6.07) is 0.286. The summed E-state index contributed by atoms with van der Waals surface area (Å²) in [5.74, 6) is -0.796. The van der Waals surface area contributed by atoms with Crippen molar-refractivity contribution >= 4 is 12.0 Å². The molecule has 3 N–H and O–H groups in total. The van der Waals surface area contributed by atoms with Gasteiger partial charge in [0.1, 0.15) is 0 Å². The number of carbonyl (C=O) groups is 2. The minimum absolute atomic E-state index is 0.000403. The fraction of sp³-hybridized carbons (Fsp3) is 0.789. The van der Waals surface area contributed by atoms with Crippen LogP contribution < -0.4 is 10.6 Å². The number of carboxylic acids is 1. The number of likely N-dealkylation sites (N-methyl/N-ethyl adjacent to an activating group) is 1. The Labute approximate surface area is 151 Å². The van der Waals surface area contributed by atoms with Crippen molar-refractivity contribution in [1.82, 2.24) is 15.5 Å². The molecule has 0 unspecified atom stereocenters. The van der Waals surface area contributed by atoms with Crippen LogP contribution in [0.5, 0.6) is 0 Å². The molecule has 0 saturated heterocycles. The van der Waals surface area contributed by atoms with Crippen LogP contribution >= 0.6 is 0 Å². The summed E-state index contributed by atoms with van der Waals surface area (Å²) >= 11 is 0. The smallest absolute Gasteiger partial charge is 0.317 e. The van der Waals surface area contributed by atoms with Gasteiger partial charge in [0.15, 0.2) is 0 Å². The molecule has 0 heterocycles. The highest BCUT2D eigenvalue weighted by Gasteiger charge is 2.35. The quantitative estimate of drug-likeness (QED) is 0.587. The van der Waals surface area contributed by atoms with Crippen LogP contribution in [0.1, 0.15) is 59.3 Å². The molecule has 0 aromatic heterocycles. The van der Waals surface area contributed by atoms with Crippen molar-refractivity contribution < 1.29 is 14.7 Å². The van der Waals surface area contributed by atoms with E-state index < -0.39 is 5.97 Å². The highest BCUT2D eigenvalue weighted by Crippen LogP contribution is 2.33. The number of aliphatic carboxylic acids is 1. The molecule has 0 aromatic carbocycles. The van der Waals surface area contributed by atoms with E-state index in [0.717, 1.165) is 32.2 Å². The first-order valence-electron chi connectivity index (χ1n) is 9.51. The summed E-state index contributed by atoms with van der Waals surface area (Å²) < 4.78 is 0. The molecular weight excluding hydrogens is 318 g/mol. The predicted molar refractivity (Wildman–Crippen MR) is 98.6 cm³/mol. The molecule has 2 aliphatic rings. The number of nitrogens with one attached hydrogen (secondary N) is 2. The third kappa shape index (κ3) is 5.73. The summed E-state index contributed by atoms with van der Waals surface area (Å²) in [6.45, 7) is 7.78. The number of hydrogen-bond acceptors (Lipinski definition) is 3. The van der Waals surface area contributed by atoms with Crippen LogP contribution in [0, 0.1) is 5.41 Å². The number of amides is 2. The molecule has 0 aliphatic heterocycles. The van der Waals surface area contributed by atoms with E-state index in [2.05, 4.69) is 30.6 Å². The second kappa shape index (κ2) is 8.70. The van der Waals surface area contributed by atoms with Crippen molar-refractivity contribution in [3.63, 3.8) is 0 Å². The zero-order valence-electron chi connectivity index (χ0n) is 15.8. The molecule has 0 bridgehead atoms. The SMILES string of the molecule is CCN(CC(=O)O)C1CC(NC(=O)NCC(C)(C)C2=CCCCC2)C1. The Bertz CT molecular complexity index is 510. The van der Waals surface area contributed by atoms with Gasteiger partial charge in [0.05, 0.1) is 6.54 Å². The van der Waals surface area contributed by atoms with E-state index in [9.17, 15) is 9.59 Å². The van der Waals surface area contributed by atoms with Crippen molar-refractivity contribution in [3.05, 3.63) is 11.6 Å². The molecular formula is C19H33N3O3. The highest BCUT2D eigenvalue weighted by molar-refractivity contribution is 5.74. The fourth-order valence-corrected chi connectivity index (χ4v) is 3.78. The van der Waals surface area contributed by atoms with E-state index in [1.807, 2.05) is 11.8 Å². The van der Waals surface area contributed by atoms with Crippen LogP contribution in [0.4, 0.5) is 4.79 Å². The lowest BCUT2D eigenvalue weighted by atomic mass is 9.78. The predicted octanol–water partition coefficient (Wildman–Crippen LogP) is 2.75. The minimum atomic E-state index is -0.796. The lowest BCUT2D eigenvalue weighted by molar-refractivity contribution is -0.139. The van der Waals surface area contributed by atoms with Gasteiger partial charge in [-0.3, -0.25) is 9.69 Å². The van der Waals surface area contributed by atoms with Crippen molar-refractivity contribution in [1.29, 1.82) is 0 Å². The molecule has 0 atom stereocenters. The van der Waals surface area contributed by atoms with Gasteiger partial charge in [0, 0.05) is 24.0 Å². The average Bonchev–Trinajstić information content (AvgIpc) is 2.55. The summed E-state index contributed by atoms with van der Waals surface area (Å²) in [5.41, 5.74) is 1.45. The topological polar surface area (TPSA) is 81.7 Å². The van der Waals surface area contributed by atoms with E-state index in [1.165, 1.54) is 18.4 Å². The normalized spacial score (nSPS) is 23.6. The Morgan fingerprint density at radius 3 is 2.60 bits per heavy atom. The van der Waals surface area contributed by atoms with Crippen molar-refractivity contribution in [2.45, 2.75) is 71.4 Å². The number of carbonyl (C=O) groups excluding carboxylic acids is 1. The Hall–Kier alpha value is -1.56. The Morgan fingerprint density at radius 1 is 1.32 bits per heavy atom. The number of carboxylic acid groups (broad SMARTS) is 1. The van der Waals surface area contributed by atoms with Gasteiger partial charge >= 0.3 is 12.0 Å². The molecule has 6 heteroatoms. The van der Waals surface area contributed by atoms with E-state index >= 15 is 0 Å². The maximum absolute atomic E-state index is 12.2. The molecule has 2 aliphatic carbocycles. The zero-order chi connectivity index (χ0) is 18.4. The lowest BCUT2D eigenvalue weighted by Gasteiger charge is -2.42. The second-order valence-electron chi connectivity index (χ2n) is 7.97. The van der Waals surface area contributed by atoms with E-state index in [0.29, 0.717) is 6.54 Å². The largest absolute Gasteiger partial charge is 0.480 e. The first kappa shape index (κ1) is 19.8. The molecule has 0 spiro atoms. The summed E-state index contributed by atoms with van der Waals surface area (Å²) in [4.78, 5) is 25.0. The number of allylic oxidation sites excluding steroid dienone is 1. The standard InChI is InChI=1S/C19H33N3O3/c1-4-22(12-17(23)24)16-10-15(11-16)21-18(25)20-13-19(2,3)14-8-6-5-7-9-14/h8,15-16H,4-7,9-13H2,1-3H3,(H,23,24)(H2,20,21,25). The maximum atomic E-state index is 12.2. The lowest BCUT2D eigenvalue weighted by Crippen LogP contribution is -2.56. The van der Waals surface area contributed by atoms with E-state index in [4.69, 9.17) is 5.11 Å². The monoisotopic (exact) mass is 351 g/mol. The maximum Gasteiger partial charge on any atom is 0.317 e. The molecule has 6 nitrogen and oxygen atoms in total. The molecule has 1 saturated carbocycles. The number of rotatable bonds is 8. The van der Waals surface area contributed by atoms with E-state index in [1.54, 1.807) is 0 Å². The Kier molecular flexibility index (Phi) is 6.87. The third-order valence-corrected chi connectivity index (χ3v) is 5.56. The minimum Gasteiger partial charge on any atom is -0.480 e. The van der Waals surface area contributed by atoms with Crippen LogP contribution in [0.2, 0.25) is 0 Å². The zero-order valence-corrected chi connectivity index (χ0v) is 15.8. The molecule has 0 aromatic rings. The van der Waals surface area contributed by atoms with Crippen LogP contribution in [0.3, 0.4) is 0 Å². The summed E-state index contributed by atoms with van der Waals surface area (Å²) in [7, 11) is 0. The van der Waals surface area contributed by atoms with Gasteiger partial charge in [-0.25, -0.2) is 4.79 Å². The van der Waals surface area contributed by atoms with Crippen molar-refractivity contribution in [2.75, 3.05) is 19.6 Å². The van der Waals surface area contributed by atoms with Gasteiger partial charge in [0.2, 0.25) is 0 Å². The van der Waals surface area contributed by atoms with E-state index in [-0.39, 0.29) is 30.1 Å². The summed E-state index contributed by atoms with van der Waals surface area (Å²) in [5, 5.41) is 14.9. The Balaban J connectivity index is 1.69. The number of hydrogen-bond donors (Lipinski definition) is 3. The Morgan fingerprint density at radius 2 is 2.04 bits per heavy atom. The van der Waals surface area contributed by atoms with Gasteiger partial charge in [-0.05, 0) is 45.1 Å². The first-order valence-corrected chi connectivity index (χ1v) is 9.51. The highest BCUT2D eigenvalue weighted by atomic mass is 16.4. The molecule has 0 radical (unpaired) electrons. The van der Waals surface area contributed by atoms with Gasteiger partial charge in [-0.15, -0.1) is 0 Å². The molecule has 1 fully saturated rings. The van der Waals surface area contributed by atoms with Crippen molar-refractivity contribution in [2.24, 2.45) is 5.41 Å².